The van der Waals surface area contributed by atoms with Crippen molar-refractivity contribution in [2.75, 3.05) is 6.54 Å². The van der Waals surface area contributed by atoms with Gasteiger partial charge in [0.2, 0.25) is 5.91 Å². The first-order valence-corrected chi connectivity index (χ1v) is 7.34. The third-order valence-corrected chi connectivity index (χ3v) is 4.58. The smallest absolute Gasteiger partial charge is 0.252 e. The standard InChI is InChI=1S/C15H15ClF3NO2/c1-15(2,13(18)19)14(21)20-6-8-5-11(20)9-3-7(17)4-10(16)12(9)22-8/h3-4,8,11,13H,5-6H2,1-2H3/t8-,11-/m0/s1. The third-order valence-electron chi connectivity index (χ3n) is 4.30. The average Bonchev–Trinajstić information content (AvgIpc) is 2.77. The zero-order valence-electron chi connectivity index (χ0n) is 12.1. The van der Waals surface area contributed by atoms with Gasteiger partial charge in [-0.3, -0.25) is 4.79 Å². The number of benzene rings is 1. The van der Waals surface area contributed by atoms with Gasteiger partial charge in [0, 0.05) is 12.0 Å². The van der Waals surface area contributed by atoms with Crippen molar-refractivity contribution in [3.63, 3.8) is 0 Å². The van der Waals surface area contributed by atoms with Gasteiger partial charge in [0.05, 0.1) is 17.6 Å². The van der Waals surface area contributed by atoms with Crippen LogP contribution in [0.15, 0.2) is 12.1 Å². The van der Waals surface area contributed by atoms with Crippen LogP contribution in [-0.2, 0) is 4.79 Å². The van der Waals surface area contributed by atoms with Gasteiger partial charge in [0.25, 0.3) is 6.43 Å². The Morgan fingerprint density at radius 3 is 2.77 bits per heavy atom. The minimum Gasteiger partial charge on any atom is -0.487 e. The van der Waals surface area contributed by atoms with Crippen LogP contribution in [0.25, 0.3) is 0 Å². The van der Waals surface area contributed by atoms with Crippen LogP contribution in [0, 0.1) is 11.2 Å². The minimum atomic E-state index is -2.78. The van der Waals surface area contributed by atoms with E-state index in [1.165, 1.54) is 24.8 Å². The number of halogens is 4. The Balaban J connectivity index is 1.99. The number of fused-ring (bicyclic) bond motifs is 4. The van der Waals surface area contributed by atoms with Crippen LogP contribution in [0.1, 0.15) is 31.9 Å². The molecule has 2 heterocycles. The Morgan fingerprint density at radius 2 is 2.14 bits per heavy atom. The molecule has 1 amide bonds. The molecular formula is C15H15ClF3NO2. The summed E-state index contributed by atoms with van der Waals surface area (Å²) >= 11 is 5.99. The summed E-state index contributed by atoms with van der Waals surface area (Å²) in [5, 5.41) is 0.132. The Bertz CT molecular complexity index is 635. The molecule has 2 aliphatic rings. The number of hydrogen-bond acceptors (Lipinski definition) is 2. The highest BCUT2D eigenvalue weighted by Gasteiger charge is 2.49. The number of carbonyl (C=O) groups excluding carboxylic acids is 1. The highest BCUT2D eigenvalue weighted by atomic mass is 35.5. The maximum atomic E-state index is 13.6. The fourth-order valence-electron chi connectivity index (χ4n) is 2.98. The number of likely N-dealkylation sites (tertiary alicyclic amines) is 1. The molecule has 0 spiro atoms. The summed E-state index contributed by atoms with van der Waals surface area (Å²) in [6.45, 7) is 2.62. The molecule has 0 radical (unpaired) electrons. The Labute approximate surface area is 131 Å². The van der Waals surface area contributed by atoms with Gasteiger partial charge in [-0.2, -0.15) is 0 Å². The molecule has 120 valence electrons. The van der Waals surface area contributed by atoms with Gasteiger partial charge in [0.1, 0.15) is 23.1 Å². The second-order valence-corrected chi connectivity index (χ2v) is 6.68. The number of nitrogens with zero attached hydrogens (tertiary/aromatic N) is 1. The minimum absolute atomic E-state index is 0.132. The fraction of sp³-hybridized carbons (Fsp3) is 0.533. The van der Waals surface area contributed by atoms with Crippen molar-refractivity contribution in [1.29, 1.82) is 0 Å². The first-order chi connectivity index (χ1) is 10.2. The lowest BCUT2D eigenvalue weighted by molar-refractivity contribution is -0.149. The SMILES string of the molecule is CC(C)(C(=O)N1C[C@@H]2C[C@H]1c1cc(F)cc(Cl)c1O2)C(F)F. The number of hydrogen-bond donors (Lipinski definition) is 0. The lowest BCUT2D eigenvalue weighted by Gasteiger charge is -2.32. The van der Waals surface area contributed by atoms with E-state index in [-0.39, 0.29) is 17.7 Å². The number of amides is 1. The molecule has 0 N–H and O–H groups in total. The van der Waals surface area contributed by atoms with Gasteiger partial charge < -0.3 is 9.64 Å². The van der Waals surface area contributed by atoms with Gasteiger partial charge in [0.15, 0.2) is 0 Å². The molecule has 0 aromatic heterocycles. The zero-order chi connectivity index (χ0) is 16.2. The number of alkyl halides is 2. The van der Waals surface area contributed by atoms with Gasteiger partial charge >= 0.3 is 0 Å². The van der Waals surface area contributed by atoms with Gasteiger partial charge in [-0.1, -0.05) is 11.6 Å². The maximum Gasteiger partial charge on any atom is 0.252 e. The Kier molecular flexibility index (Phi) is 3.55. The monoisotopic (exact) mass is 333 g/mol. The number of ether oxygens (including phenoxy) is 1. The summed E-state index contributed by atoms with van der Waals surface area (Å²) in [5.41, 5.74) is -1.36. The van der Waals surface area contributed by atoms with Crippen molar-refractivity contribution in [3.8, 4) is 5.75 Å². The van der Waals surface area contributed by atoms with Crippen molar-refractivity contribution in [2.24, 2.45) is 5.41 Å². The summed E-state index contributed by atoms with van der Waals surface area (Å²) in [6, 6.07) is 1.91. The average molecular weight is 334 g/mol. The summed E-state index contributed by atoms with van der Waals surface area (Å²) in [6.07, 6.45) is -2.63. The lowest BCUT2D eigenvalue weighted by Crippen LogP contribution is -2.44. The Hall–Kier alpha value is -1.43. The van der Waals surface area contributed by atoms with Crippen molar-refractivity contribution in [2.45, 2.75) is 38.8 Å². The molecule has 3 nitrogen and oxygen atoms in total. The van der Waals surface area contributed by atoms with Gasteiger partial charge in [-0.15, -0.1) is 0 Å². The van der Waals surface area contributed by atoms with Crippen LogP contribution in [0.5, 0.6) is 5.75 Å². The maximum absolute atomic E-state index is 13.6. The van der Waals surface area contributed by atoms with Crippen molar-refractivity contribution in [1.82, 2.24) is 4.90 Å². The zero-order valence-corrected chi connectivity index (χ0v) is 12.8. The van der Waals surface area contributed by atoms with Crippen LogP contribution >= 0.6 is 11.6 Å². The Morgan fingerprint density at radius 1 is 1.45 bits per heavy atom. The highest BCUT2D eigenvalue weighted by molar-refractivity contribution is 6.32. The van der Waals surface area contributed by atoms with Crippen molar-refractivity contribution in [3.05, 3.63) is 28.5 Å². The summed E-state index contributed by atoms with van der Waals surface area (Å²) in [4.78, 5) is 13.9. The molecule has 2 aliphatic heterocycles. The van der Waals surface area contributed by atoms with Crippen LogP contribution < -0.4 is 4.74 Å². The van der Waals surface area contributed by atoms with Crippen molar-refractivity contribution >= 4 is 17.5 Å². The summed E-state index contributed by atoms with van der Waals surface area (Å²) in [5.74, 6) is -0.862. The van der Waals surface area contributed by atoms with E-state index in [4.69, 9.17) is 16.3 Å². The molecule has 1 fully saturated rings. The number of rotatable bonds is 2. The van der Waals surface area contributed by atoms with E-state index in [1.807, 2.05) is 0 Å². The molecular weight excluding hydrogens is 319 g/mol. The molecule has 2 bridgehead atoms. The predicted octanol–water partition coefficient (Wildman–Crippen LogP) is 3.80. The van der Waals surface area contributed by atoms with Gasteiger partial charge in [-0.25, -0.2) is 13.2 Å². The van der Waals surface area contributed by atoms with Crippen LogP contribution in [-0.4, -0.2) is 29.9 Å². The highest BCUT2D eigenvalue weighted by Crippen LogP contribution is 2.48. The van der Waals surface area contributed by atoms with E-state index >= 15 is 0 Å². The second kappa shape index (κ2) is 5.05. The molecule has 0 aliphatic carbocycles. The normalized spacial score (nSPS) is 23.5. The fourth-order valence-corrected chi connectivity index (χ4v) is 3.24. The molecule has 0 unspecified atom stereocenters. The largest absolute Gasteiger partial charge is 0.487 e. The van der Waals surface area contributed by atoms with Gasteiger partial charge in [-0.05, 0) is 26.0 Å². The van der Waals surface area contributed by atoms with Crippen LogP contribution in [0.4, 0.5) is 13.2 Å². The van der Waals surface area contributed by atoms with E-state index in [9.17, 15) is 18.0 Å². The summed E-state index contributed by atoms with van der Waals surface area (Å²) in [7, 11) is 0. The lowest BCUT2D eigenvalue weighted by atomic mass is 9.91. The van der Waals surface area contributed by atoms with E-state index in [2.05, 4.69) is 0 Å². The van der Waals surface area contributed by atoms with E-state index in [1.54, 1.807) is 0 Å². The first-order valence-electron chi connectivity index (χ1n) is 6.96. The molecule has 7 heteroatoms. The molecule has 1 saturated heterocycles. The first kappa shape index (κ1) is 15.5. The number of carbonyl (C=O) groups is 1. The van der Waals surface area contributed by atoms with Crippen molar-refractivity contribution < 1.29 is 22.7 Å². The molecule has 1 aromatic rings. The molecule has 3 rings (SSSR count). The molecule has 0 saturated carbocycles. The quantitative estimate of drug-likeness (QED) is 0.823. The van der Waals surface area contributed by atoms with E-state index in [0.717, 1.165) is 6.07 Å². The second-order valence-electron chi connectivity index (χ2n) is 6.28. The topological polar surface area (TPSA) is 29.5 Å². The predicted molar refractivity (Wildman–Crippen MR) is 74.7 cm³/mol. The summed E-state index contributed by atoms with van der Waals surface area (Å²) < 4.78 is 45.5. The third kappa shape index (κ3) is 2.24. The molecule has 2 atom stereocenters. The van der Waals surface area contributed by atoms with Crippen LogP contribution in [0.3, 0.4) is 0 Å². The molecule has 22 heavy (non-hydrogen) atoms. The van der Waals surface area contributed by atoms with Crippen LogP contribution in [0.2, 0.25) is 5.02 Å². The van der Waals surface area contributed by atoms with E-state index < -0.39 is 29.6 Å². The molecule has 1 aromatic carbocycles. The van der Waals surface area contributed by atoms with E-state index in [0.29, 0.717) is 17.7 Å².